The van der Waals surface area contributed by atoms with E-state index in [1.54, 1.807) is 0 Å². The first-order chi connectivity index (χ1) is 61.9. The molecule has 21 saturated carbocycles. The predicted octanol–water partition coefficient (Wildman–Crippen LogP) is 27.4. The molecule has 0 aromatic carbocycles. The van der Waals surface area contributed by atoms with Gasteiger partial charge in [0.1, 0.15) is 28.0 Å². The number of halogens is 6. The summed E-state index contributed by atoms with van der Waals surface area (Å²) in [5.74, 6) is 38.4. The average molecular weight is 1910 g/mol. The number of aliphatic hydroxyl groups is 7. The average Bonchev–Trinajstić information content (AvgIpc) is 1.51. The van der Waals surface area contributed by atoms with Crippen LogP contribution in [0.5, 0.6) is 0 Å². The van der Waals surface area contributed by atoms with E-state index in [-0.39, 0.29) is 31.0 Å². The van der Waals surface area contributed by atoms with Gasteiger partial charge in [0.2, 0.25) is 0 Å². The van der Waals surface area contributed by atoms with Gasteiger partial charge in [0.25, 0.3) is 6.43 Å². The minimum Gasteiger partial charge on any atom is -0.392 e. The van der Waals surface area contributed by atoms with Crippen molar-refractivity contribution in [2.75, 3.05) is 18.5 Å². The van der Waals surface area contributed by atoms with Crippen molar-refractivity contribution in [1.29, 1.82) is 0 Å². The van der Waals surface area contributed by atoms with Crippen molar-refractivity contribution >= 4 is 50.7 Å². The summed E-state index contributed by atoms with van der Waals surface area (Å²) in [6.07, 6.45) is 51.7. The normalized spacial score (nSPS) is 50.7. The standard InChI is InChI=1S/C26H38O.C23H32BrClO.C23H33ClO2.C23H33ClO.C22H34F2O2/c1-17(2)23-8-9-24-22-7-6-19-16-26(27,14-10-18-4-5-18)15-12-20(19)21(22)11-13-25(23,24)3;1-15(14-24)20-5-6-21-19-4-3-16-13-23(26,11-12-25)10-8-17(16)18(19)7-9-22(20,21)2;1-15(14-25)20-5-6-21-19-4-3-16-13-23(26,11-12-24)10-8-17(16)18(19)7-9-22(20,21)2;1-15(2)20-6-7-21-19-5-4-16-14-23(25,12-13-24)11-9-17(16)18(19)8-10-22(20,21)3;1-13(12-25)18-5-6-19-17-4-3-14-11-22(26,20(23)24)10-8-15(14)16(17)7-9-21(18,19)2/h18-24,27H,1,4-9,11-13,15-16H2,2-3H3;16-21,26H,1,3-10,13-14H2,2H3;16-21,25-26H,1,3-10,13-14H2,2H3;16-21,25H,1,4-11,14H2,2-3H3;14-20,25-26H,1,3-12H2,2H3/t19-,20-,21+,22+,23+,24-,25+,26+;3*16-,17-,18+,19+,20+,21-,22+,23-;14-,15-,16+,17+,18+,19-,21+,22+/m00000/s1. The molecule has 0 aliphatic heterocycles. The monoisotopic (exact) mass is 1910 g/mol. The van der Waals surface area contributed by atoms with Gasteiger partial charge in [-0.15, -0.1) is 0 Å². The maximum absolute atomic E-state index is 13.3. The molecular weight excluding hydrogens is 1740 g/mol. The maximum atomic E-state index is 13.3. The van der Waals surface area contributed by atoms with Crippen molar-refractivity contribution in [3.05, 3.63) is 60.8 Å². The Morgan fingerprint density at radius 2 is 0.554 bits per heavy atom. The van der Waals surface area contributed by atoms with E-state index in [9.17, 15) is 44.5 Å². The molecule has 21 rings (SSSR count). The van der Waals surface area contributed by atoms with Crippen molar-refractivity contribution in [1.82, 2.24) is 0 Å². The zero-order valence-corrected chi connectivity index (χ0v) is 85.1. The minimum atomic E-state index is -2.61. The summed E-state index contributed by atoms with van der Waals surface area (Å²) in [5.41, 5.74) is 3.51. The van der Waals surface area contributed by atoms with E-state index < -0.39 is 34.4 Å². The first kappa shape index (κ1) is 99.4. The molecule has 0 amide bonds. The number of hydrogen-bond donors (Lipinski definition) is 7. The summed E-state index contributed by atoms with van der Waals surface area (Å²) in [7, 11) is 0. The van der Waals surface area contributed by atoms with Gasteiger partial charge < -0.3 is 35.7 Å². The lowest BCUT2D eigenvalue weighted by Gasteiger charge is -2.57. The maximum Gasteiger partial charge on any atom is 0.266 e. The topological polar surface area (TPSA) is 142 Å². The molecule has 21 aliphatic rings. The molecule has 21 aliphatic carbocycles. The number of rotatable bonds is 9. The molecule has 0 aromatic heterocycles. The first-order valence-electron chi connectivity index (χ1n) is 53.8. The lowest BCUT2D eigenvalue weighted by atomic mass is 9.48. The third kappa shape index (κ3) is 18.5. The lowest BCUT2D eigenvalue weighted by molar-refractivity contribution is -0.159. The van der Waals surface area contributed by atoms with Gasteiger partial charge >= 0.3 is 0 Å². The van der Waals surface area contributed by atoms with Crippen LogP contribution in [-0.4, -0.2) is 88.7 Å². The molecule has 0 spiro atoms. The third-order valence-electron chi connectivity index (χ3n) is 45.7. The molecule has 21 fully saturated rings. The fourth-order valence-corrected chi connectivity index (χ4v) is 40.7. The van der Waals surface area contributed by atoms with E-state index in [1.165, 1.54) is 209 Å². The van der Waals surface area contributed by atoms with Crippen LogP contribution < -0.4 is 0 Å². The van der Waals surface area contributed by atoms with Crippen LogP contribution in [0.1, 0.15) is 350 Å². The second-order valence-corrected chi connectivity index (χ2v) is 52.2. The van der Waals surface area contributed by atoms with Gasteiger partial charge in [-0.05, 0) is 566 Å². The Labute approximate surface area is 809 Å². The summed E-state index contributed by atoms with van der Waals surface area (Å²) in [6.45, 7) is 38.8. The fourth-order valence-electron chi connectivity index (χ4n) is 39.7. The second kappa shape index (κ2) is 39.1. The molecule has 0 saturated heterocycles. The summed E-state index contributed by atoms with van der Waals surface area (Å²) in [4.78, 5) is 0. The van der Waals surface area contributed by atoms with E-state index in [1.807, 2.05) is 0 Å². The van der Waals surface area contributed by atoms with E-state index >= 15 is 0 Å². The summed E-state index contributed by atoms with van der Waals surface area (Å²) >= 11 is 20.5. The molecule has 0 bridgehead atoms. The summed E-state index contributed by atoms with van der Waals surface area (Å²) < 4.78 is 26.6. The molecule has 130 heavy (non-hydrogen) atoms. The number of fused-ring (bicyclic) bond motifs is 25. The van der Waals surface area contributed by atoms with E-state index in [2.05, 4.69) is 143 Å². The molecule has 40 atom stereocenters. The number of allylic oxidation sites excluding steroid dienone is 3. The zero-order valence-electron chi connectivity index (χ0n) is 81.3. The quantitative estimate of drug-likeness (QED) is 0.0693. The fraction of sp³-hybridized carbons (Fsp3) is 0.846. The van der Waals surface area contributed by atoms with Gasteiger partial charge in [-0.3, -0.25) is 0 Å². The zero-order chi connectivity index (χ0) is 92.4. The Kier molecular flexibility index (Phi) is 29.9. The smallest absolute Gasteiger partial charge is 0.266 e. The van der Waals surface area contributed by atoms with E-state index in [0.717, 1.165) is 225 Å². The van der Waals surface area contributed by atoms with Crippen molar-refractivity contribution in [3.8, 4) is 45.7 Å². The Hall–Kier alpha value is -2.13. The molecule has 7 nitrogen and oxygen atoms in total. The third-order valence-corrected chi connectivity index (χ3v) is 46.7. The highest BCUT2D eigenvalue weighted by Gasteiger charge is 2.65. The largest absolute Gasteiger partial charge is 0.392 e. The molecule has 0 unspecified atom stereocenters. The number of aliphatic hydroxyl groups excluding tert-OH is 2. The highest BCUT2D eigenvalue weighted by atomic mass is 79.9. The second-order valence-electron chi connectivity index (χ2n) is 51.1. The SMILES string of the molecule is C=C(C)[C@H]1CC[C@H]2[C@@H]3CC[C@H]4C[C@@](O)(C#CC5CC5)CC[C@@H]4[C@H]3CC[C@]12C.C=C(C)[C@H]1CC[C@H]2[C@@H]3CC[C@H]4C[C@@](O)(C#CCl)CC[C@@H]4[C@H]3CC[C@]12C.C=C(CBr)[C@H]1CC[C@H]2[C@@H]3CC[C@H]4C[C@@](O)(C#CCl)CC[C@@H]4[C@H]3CC[C@]12C.C=C(CO)[C@H]1CC[C@H]2[C@@H]3CC[C@H]4C[C@@](O)(C#CCl)CC[C@@H]4[C@H]3CC[C@]12C.C=C(CO)[C@H]1CC[C@H]2[C@@H]3CC[C@H]4C[C@@](O)(C(F)F)CC[C@@H]4[C@H]3CC[C@]12C. The van der Waals surface area contributed by atoms with Crippen LogP contribution in [0.2, 0.25) is 0 Å². The highest BCUT2D eigenvalue weighted by molar-refractivity contribution is 9.09. The van der Waals surface area contributed by atoms with E-state index in [4.69, 9.17) is 34.8 Å². The Morgan fingerprint density at radius 1 is 0.308 bits per heavy atom. The van der Waals surface area contributed by atoms with E-state index in [0.29, 0.717) is 93.2 Å². The van der Waals surface area contributed by atoms with Gasteiger partial charge in [0.05, 0.1) is 13.2 Å². The molecule has 722 valence electrons. The van der Waals surface area contributed by atoms with Crippen molar-refractivity contribution in [3.63, 3.8) is 0 Å². The van der Waals surface area contributed by atoms with Crippen molar-refractivity contribution in [2.24, 2.45) is 211 Å². The first-order valence-corrected chi connectivity index (χ1v) is 56.1. The molecule has 0 aromatic rings. The van der Waals surface area contributed by atoms with Crippen LogP contribution in [0.25, 0.3) is 0 Å². The predicted molar refractivity (Wildman–Crippen MR) is 530 cm³/mol. The van der Waals surface area contributed by atoms with Crippen LogP contribution in [0.4, 0.5) is 8.78 Å². The molecule has 7 N–H and O–H groups in total. The lowest BCUT2D eigenvalue weighted by Crippen LogP contribution is -2.52. The molecule has 0 radical (unpaired) electrons. The van der Waals surface area contributed by atoms with Gasteiger partial charge in [-0.25, -0.2) is 8.78 Å². The van der Waals surface area contributed by atoms with Crippen LogP contribution >= 0.6 is 50.7 Å². The number of hydrogen-bond acceptors (Lipinski definition) is 7. The van der Waals surface area contributed by atoms with Gasteiger partial charge in [-0.1, -0.05) is 130 Å². The van der Waals surface area contributed by atoms with Gasteiger partial charge in [0.15, 0.2) is 0 Å². The summed E-state index contributed by atoms with van der Waals surface area (Å²) in [5, 5.41) is 81.1. The van der Waals surface area contributed by atoms with Gasteiger partial charge in [0, 0.05) is 27.4 Å². The molecular formula is C117H170BrCl3F2O7. The van der Waals surface area contributed by atoms with Crippen LogP contribution in [0, 0.1) is 256 Å². The number of alkyl halides is 3. The van der Waals surface area contributed by atoms with Crippen LogP contribution in [0.3, 0.4) is 0 Å². The van der Waals surface area contributed by atoms with Gasteiger partial charge in [-0.2, -0.15) is 0 Å². The van der Waals surface area contributed by atoms with Crippen LogP contribution in [0.15, 0.2) is 60.8 Å². The Balaban J connectivity index is 0.000000114. The highest BCUT2D eigenvalue weighted by Crippen LogP contribution is 2.73. The molecule has 13 heteroatoms. The Bertz CT molecular complexity index is 4290. The van der Waals surface area contributed by atoms with Crippen LogP contribution in [-0.2, 0) is 0 Å². The minimum absolute atomic E-state index is 0.0952. The van der Waals surface area contributed by atoms with Crippen molar-refractivity contribution < 1.29 is 44.5 Å². The Morgan fingerprint density at radius 3 is 0.808 bits per heavy atom. The summed E-state index contributed by atoms with van der Waals surface area (Å²) in [6, 6.07) is 0. The van der Waals surface area contributed by atoms with Crippen molar-refractivity contribution in [2.45, 2.75) is 385 Å². The molecule has 0 heterocycles.